The summed E-state index contributed by atoms with van der Waals surface area (Å²) < 4.78 is 196. The van der Waals surface area contributed by atoms with Crippen LogP contribution >= 0.6 is 11.3 Å². The minimum atomic E-state index is -1.27. The quantitative estimate of drug-likeness (QED) is 0.182. The van der Waals surface area contributed by atoms with Crippen molar-refractivity contribution in [1.82, 2.24) is 14.5 Å². The van der Waals surface area contributed by atoms with Crippen molar-refractivity contribution in [3.05, 3.63) is 163 Å². The molecule has 254 valence electrons. The molecule has 4 aromatic heterocycles. The summed E-state index contributed by atoms with van der Waals surface area (Å²) in [6, 6.07) is -6.70. The number of fused-ring (bicyclic) bond motifs is 12. The van der Waals surface area contributed by atoms with Crippen LogP contribution < -0.4 is 0 Å². The van der Waals surface area contributed by atoms with Gasteiger partial charge < -0.3 is 8.98 Å². The van der Waals surface area contributed by atoms with Crippen LogP contribution in [0.15, 0.2) is 156 Å². The van der Waals surface area contributed by atoms with E-state index in [1.807, 2.05) is 0 Å². The Morgan fingerprint density at radius 2 is 1.41 bits per heavy atom. The van der Waals surface area contributed by atoms with Gasteiger partial charge >= 0.3 is 0 Å². The molecular formula is C49H31N3OS. The molecule has 0 aliphatic heterocycles. The van der Waals surface area contributed by atoms with Gasteiger partial charge in [0.1, 0.15) is 17.5 Å². The van der Waals surface area contributed by atoms with Gasteiger partial charge in [0.05, 0.1) is 55.7 Å². The molecule has 0 bridgehead atoms. The molecule has 11 aromatic rings. The van der Waals surface area contributed by atoms with Gasteiger partial charge in [-0.15, -0.1) is 11.3 Å². The summed E-state index contributed by atoms with van der Waals surface area (Å²) in [5, 5.41) is -0.248. The van der Waals surface area contributed by atoms with Crippen molar-refractivity contribution in [3.63, 3.8) is 0 Å². The fourth-order valence-electron chi connectivity index (χ4n) is 7.59. The first-order chi connectivity index (χ1) is 35.3. The number of thiophene rings is 1. The van der Waals surface area contributed by atoms with Crippen LogP contribution in [0.3, 0.4) is 0 Å². The summed E-state index contributed by atoms with van der Waals surface area (Å²) in [5.41, 5.74) is -2.41. The normalized spacial score (nSPS) is 19.0. The first-order valence-electron chi connectivity index (χ1n) is 27.2. The molecule has 54 heavy (non-hydrogen) atoms. The molecule has 1 aliphatic rings. The van der Waals surface area contributed by atoms with Crippen molar-refractivity contribution >= 4 is 75.4 Å². The van der Waals surface area contributed by atoms with Crippen molar-refractivity contribution in [2.75, 3.05) is 0 Å². The average Bonchev–Trinajstić information content (AvgIpc) is 4.14. The van der Waals surface area contributed by atoms with E-state index in [1.54, 1.807) is 32.0 Å². The monoisotopic (exact) mass is 730 g/mol. The van der Waals surface area contributed by atoms with Gasteiger partial charge in [-0.1, -0.05) is 111 Å². The highest BCUT2D eigenvalue weighted by Gasteiger charge is 2.36. The Morgan fingerprint density at radius 3 is 2.35 bits per heavy atom. The van der Waals surface area contributed by atoms with Crippen LogP contribution in [0, 0.1) is 0 Å². The van der Waals surface area contributed by atoms with Crippen molar-refractivity contribution in [2.24, 2.45) is 0 Å². The SMILES string of the molecule is [2H]c1c([2H])c(-c2c([2H])c([2H])c([2H])c3c2oc2c([2H])c([2H])c([2H])c([2H])c23)c([2H])c(-c2ncnc3c2sc2ccc(-n4c5c([2H])c([2H])c([2H])c([2H])c5c5c([2H])c6c(c([2H])c54)C(C)(C)c4c([2H])c([2H])c([2H])c([2H])c4-6)cc23)c1[2H]. The van der Waals surface area contributed by atoms with E-state index >= 15 is 0 Å². The number of aromatic nitrogens is 3. The molecule has 0 atom stereocenters. The highest BCUT2D eigenvalue weighted by molar-refractivity contribution is 7.26. The number of rotatable bonds is 3. The predicted molar refractivity (Wildman–Crippen MR) is 225 cm³/mol. The van der Waals surface area contributed by atoms with E-state index in [0.29, 0.717) is 10.1 Å². The molecule has 0 amide bonds. The van der Waals surface area contributed by atoms with Crippen molar-refractivity contribution in [3.8, 4) is 39.2 Å². The van der Waals surface area contributed by atoms with E-state index in [4.69, 9.17) is 25.0 Å². The smallest absolute Gasteiger partial charge is 0.143 e. The fourth-order valence-corrected chi connectivity index (χ4v) is 8.72. The highest BCUT2D eigenvalue weighted by Crippen LogP contribution is 2.51. The number of furan rings is 1. The first kappa shape index (κ1) is 16.2. The number of benzene rings is 7. The van der Waals surface area contributed by atoms with E-state index in [1.165, 1.54) is 4.57 Å². The Kier molecular flexibility index (Phi) is 3.23. The number of hydrogen-bond acceptors (Lipinski definition) is 4. The van der Waals surface area contributed by atoms with Crippen LogP contribution in [0.5, 0.6) is 0 Å². The molecule has 4 heterocycles. The highest BCUT2D eigenvalue weighted by atomic mass is 32.1. The minimum absolute atomic E-state index is 0.00884. The maximum atomic E-state index is 9.96. The lowest BCUT2D eigenvalue weighted by atomic mass is 9.82. The third-order valence-electron chi connectivity index (χ3n) is 10.1. The second-order valence-corrected chi connectivity index (χ2v) is 14.4. The Morgan fingerprint density at radius 1 is 0.630 bits per heavy atom. The largest absolute Gasteiger partial charge is 0.455 e. The minimum Gasteiger partial charge on any atom is -0.455 e. The Hall–Kier alpha value is -6.56. The summed E-state index contributed by atoms with van der Waals surface area (Å²) in [6.45, 7) is 3.38. The molecule has 0 fully saturated rings. The summed E-state index contributed by atoms with van der Waals surface area (Å²) in [4.78, 5) is 9.09. The summed E-state index contributed by atoms with van der Waals surface area (Å²) in [6.07, 6.45) is 1.15. The van der Waals surface area contributed by atoms with Gasteiger partial charge in [0.25, 0.3) is 0 Å². The van der Waals surface area contributed by atoms with E-state index < -0.39 is 136 Å². The maximum absolute atomic E-state index is 9.96. The van der Waals surface area contributed by atoms with Crippen molar-refractivity contribution in [2.45, 2.75) is 19.3 Å². The van der Waals surface area contributed by atoms with E-state index in [-0.39, 0.29) is 100 Å². The number of nitrogens with zero attached hydrogens (tertiary/aromatic N) is 3. The maximum Gasteiger partial charge on any atom is 0.143 e. The number of hydrogen-bond donors (Lipinski definition) is 0. The molecule has 0 radical (unpaired) electrons. The van der Waals surface area contributed by atoms with E-state index in [0.717, 1.165) is 17.7 Å². The molecule has 0 unspecified atom stereocenters. The van der Waals surface area contributed by atoms with Gasteiger partial charge in [-0.05, 0) is 76.2 Å². The van der Waals surface area contributed by atoms with Gasteiger partial charge in [0.2, 0.25) is 0 Å². The number of para-hydroxylation sites is 3. The molecule has 0 saturated heterocycles. The second-order valence-electron chi connectivity index (χ2n) is 13.4. The van der Waals surface area contributed by atoms with Gasteiger partial charge in [-0.25, -0.2) is 9.97 Å². The van der Waals surface area contributed by atoms with Gasteiger partial charge in [-0.2, -0.15) is 0 Å². The molecule has 0 N–H and O–H groups in total. The Balaban J connectivity index is 1.13. The molecule has 12 rings (SSSR count). The zero-order chi connectivity index (χ0) is 54.0. The molecule has 1 aliphatic carbocycles. The van der Waals surface area contributed by atoms with Crippen molar-refractivity contribution < 1.29 is 33.2 Å². The lowest BCUT2D eigenvalue weighted by Crippen LogP contribution is -2.14. The summed E-state index contributed by atoms with van der Waals surface area (Å²) in [7, 11) is 0. The molecular weight excluding hydrogens is 679 g/mol. The Bertz CT molecular complexity index is 4600. The second kappa shape index (κ2) is 10.8. The van der Waals surface area contributed by atoms with Crippen LogP contribution in [-0.4, -0.2) is 14.5 Å². The molecule has 7 aromatic carbocycles. The third kappa shape index (κ3) is 4.02. The van der Waals surface area contributed by atoms with Gasteiger partial charge in [0.15, 0.2) is 0 Å². The van der Waals surface area contributed by atoms with Crippen molar-refractivity contribution in [1.29, 1.82) is 0 Å². The van der Waals surface area contributed by atoms with Gasteiger partial charge in [0, 0.05) is 53.9 Å². The molecule has 0 saturated carbocycles. The average molecular weight is 731 g/mol. The third-order valence-corrected chi connectivity index (χ3v) is 11.2. The van der Waals surface area contributed by atoms with Crippen LogP contribution in [-0.2, 0) is 5.41 Å². The van der Waals surface area contributed by atoms with Gasteiger partial charge in [-0.3, -0.25) is 0 Å². The summed E-state index contributed by atoms with van der Waals surface area (Å²) in [5.74, 6) is 0. The van der Waals surface area contributed by atoms with E-state index in [2.05, 4.69) is 9.97 Å². The standard InChI is InChI=1S/C49H31N3OS/c1-49(2)39-18-6-3-13-32(39)36-25-37-33-14-4-7-19-41(33)52(42(37)26-40(36)49)30-21-22-44-38(24-30)46-48(54-44)45(50-27-51-46)29-12-9-11-28(23-29)31-16-10-17-35-34-15-5-8-20-43(34)53-47(31)35/h3-27H,1-2H3/i3D,4D,5D,6D,7D,8D,9D,10D,11D,12D,13D,14D,15D,16D,17D,18D,19D,20D,23D,25D,26D. The van der Waals surface area contributed by atoms with E-state index in [9.17, 15) is 8.22 Å². The van der Waals surface area contributed by atoms with Crippen LogP contribution in [0.25, 0.3) is 103 Å². The van der Waals surface area contributed by atoms with Crippen LogP contribution in [0.4, 0.5) is 0 Å². The Labute approximate surface area is 344 Å². The van der Waals surface area contributed by atoms with Crippen LogP contribution in [0.2, 0.25) is 0 Å². The molecule has 0 spiro atoms. The zero-order valence-corrected chi connectivity index (χ0v) is 28.8. The molecule has 5 heteroatoms. The fraction of sp³-hybridized carbons (Fsp3) is 0.0612. The molecule has 4 nitrogen and oxygen atoms in total. The zero-order valence-electron chi connectivity index (χ0n) is 49.0. The van der Waals surface area contributed by atoms with Crippen LogP contribution in [0.1, 0.15) is 53.8 Å². The topological polar surface area (TPSA) is 43.9 Å². The first-order valence-corrected chi connectivity index (χ1v) is 17.5. The predicted octanol–water partition coefficient (Wildman–Crippen LogP) is 13.5. The summed E-state index contributed by atoms with van der Waals surface area (Å²) >= 11 is 1.12. The lowest BCUT2D eigenvalue weighted by Gasteiger charge is -2.21. The lowest BCUT2D eigenvalue weighted by molar-refractivity contribution is 0.661.